The van der Waals surface area contributed by atoms with E-state index in [1.165, 1.54) is 0 Å². The maximum absolute atomic E-state index is 11.4. The van der Waals surface area contributed by atoms with Crippen LogP contribution in [-0.4, -0.2) is 39.4 Å². The second-order valence-electron chi connectivity index (χ2n) is 6.84. The van der Waals surface area contributed by atoms with E-state index in [0.29, 0.717) is 18.7 Å². The van der Waals surface area contributed by atoms with Gasteiger partial charge in [0.1, 0.15) is 0 Å². The van der Waals surface area contributed by atoms with E-state index < -0.39 is 0 Å². The van der Waals surface area contributed by atoms with Crippen molar-refractivity contribution < 1.29 is 9.53 Å². The summed E-state index contributed by atoms with van der Waals surface area (Å²) in [6.45, 7) is 15.4. The SMILES string of the molecule is C=C(C)C(=O)NCCOC1CC(C)(C)N(I)C(C)(C)C1. The van der Waals surface area contributed by atoms with Crippen LogP contribution in [-0.2, 0) is 9.53 Å². The summed E-state index contributed by atoms with van der Waals surface area (Å²) in [5, 5.41) is 2.80. The number of rotatable bonds is 5. The predicted molar refractivity (Wildman–Crippen MR) is 90.8 cm³/mol. The van der Waals surface area contributed by atoms with Crippen molar-refractivity contribution in [2.75, 3.05) is 13.2 Å². The van der Waals surface area contributed by atoms with Gasteiger partial charge in [-0.1, -0.05) is 6.58 Å². The average Bonchev–Trinajstić information content (AvgIpc) is 2.30. The largest absolute Gasteiger partial charge is 0.376 e. The number of hydrogen-bond acceptors (Lipinski definition) is 3. The Bertz CT molecular complexity index is 362. The van der Waals surface area contributed by atoms with E-state index >= 15 is 0 Å². The fourth-order valence-electron chi connectivity index (χ4n) is 2.83. The highest BCUT2D eigenvalue weighted by Crippen LogP contribution is 2.41. The van der Waals surface area contributed by atoms with Crippen LogP contribution < -0.4 is 5.32 Å². The van der Waals surface area contributed by atoms with Crippen LogP contribution >= 0.6 is 22.9 Å². The summed E-state index contributed by atoms with van der Waals surface area (Å²) in [5.41, 5.74) is 0.771. The molecule has 1 fully saturated rings. The molecule has 0 spiro atoms. The molecule has 0 atom stereocenters. The molecule has 0 aromatic carbocycles. The zero-order valence-electron chi connectivity index (χ0n) is 13.3. The first kappa shape index (κ1) is 17.9. The predicted octanol–water partition coefficient (Wildman–Crippen LogP) is 3.07. The summed E-state index contributed by atoms with van der Waals surface area (Å²) in [5.74, 6) is -0.101. The first-order valence-corrected chi connectivity index (χ1v) is 8.04. The Labute approximate surface area is 136 Å². The lowest BCUT2D eigenvalue weighted by molar-refractivity contribution is -0.118. The van der Waals surface area contributed by atoms with Crippen LogP contribution in [0.1, 0.15) is 47.5 Å². The van der Waals surface area contributed by atoms with Gasteiger partial charge in [0.25, 0.3) is 0 Å². The van der Waals surface area contributed by atoms with Crippen molar-refractivity contribution in [1.29, 1.82) is 0 Å². The van der Waals surface area contributed by atoms with Crippen LogP contribution in [0.5, 0.6) is 0 Å². The Hall–Kier alpha value is -0.140. The van der Waals surface area contributed by atoms with Crippen LogP contribution in [0.3, 0.4) is 0 Å². The molecule has 0 radical (unpaired) electrons. The highest BCUT2D eigenvalue weighted by Gasteiger charge is 2.44. The Morgan fingerprint density at radius 3 is 2.30 bits per heavy atom. The molecule has 4 nitrogen and oxygen atoms in total. The van der Waals surface area contributed by atoms with Gasteiger partial charge >= 0.3 is 0 Å². The standard InChI is InChI=1S/C15H27IN2O2/c1-11(2)13(19)17-7-8-20-12-9-14(3,4)18(16)15(5,6)10-12/h12H,1,7-10H2,2-6H3,(H,17,19). The number of nitrogens with zero attached hydrogens (tertiary/aromatic N) is 1. The second kappa shape index (κ2) is 6.75. The molecule has 0 bridgehead atoms. The molecule has 5 heteroatoms. The van der Waals surface area contributed by atoms with Crippen molar-refractivity contribution in [1.82, 2.24) is 8.43 Å². The number of nitrogens with one attached hydrogen (secondary N) is 1. The molecule has 1 heterocycles. The topological polar surface area (TPSA) is 41.6 Å². The molecule has 0 aromatic rings. The number of ether oxygens (including phenoxy) is 1. The second-order valence-corrected chi connectivity index (χ2v) is 7.81. The van der Waals surface area contributed by atoms with Gasteiger partial charge in [0.05, 0.1) is 12.7 Å². The van der Waals surface area contributed by atoms with Gasteiger partial charge in [-0.05, 0) is 47.5 Å². The molecule has 0 aromatic heterocycles. The lowest BCUT2D eigenvalue weighted by atomic mass is 9.81. The van der Waals surface area contributed by atoms with Crippen LogP contribution in [0.2, 0.25) is 0 Å². The zero-order valence-corrected chi connectivity index (χ0v) is 15.4. The molecule has 1 N–H and O–H groups in total. The lowest BCUT2D eigenvalue weighted by Crippen LogP contribution is -2.57. The Morgan fingerprint density at radius 2 is 1.85 bits per heavy atom. The van der Waals surface area contributed by atoms with Crippen molar-refractivity contribution >= 4 is 28.8 Å². The molecule has 0 aliphatic carbocycles. The fourth-order valence-corrected chi connectivity index (χ4v) is 3.22. The molecule has 0 unspecified atom stereocenters. The first-order valence-electron chi connectivity index (χ1n) is 7.08. The quantitative estimate of drug-likeness (QED) is 0.337. The minimum absolute atomic E-state index is 0.101. The number of carbonyl (C=O) groups is 1. The van der Waals surface area contributed by atoms with Crippen LogP contribution in [0.15, 0.2) is 12.2 Å². The fraction of sp³-hybridized carbons (Fsp3) is 0.800. The van der Waals surface area contributed by atoms with Crippen molar-refractivity contribution in [2.45, 2.75) is 64.6 Å². The van der Waals surface area contributed by atoms with E-state index in [-0.39, 0.29) is 23.1 Å². The molecule has 1 saturated heterocycles. The Kier molecular flexibility index (Phi) is 6.04. The van der Waals surface area contributed by atoms with Crippen molar-refractivity contribution in [3.8, 4) is 0 Å². The van der Waals surface area contributed by atoms with Gasteiger partial charge in [0.15, 0.2) is 0 Å². The molecular weight excluding hydrogens is 367 g/mol. The summed E-state index contributed by atoms with van der Waals surface area (Å²) in [7, 11) is 0. The van der Waals surface area contributed by atoms with Gasteiger partial charge in [-0.3, -0.25) is 4.79 Å². The third-order valence-electron chi connectivity index (χ3n) is 3.65. The number of carbonyl (C=O) groups excluding carboxylic acids is 1. The van der Waals surface area contributed by atoms with E-state index in [4.69, 9.17) is 4.74 Å². The van der Waals surface area contributed by atoms with E-state index in [1.807, 2.05) is 0 Å². The summed E-state index contributed by atoms with van der Waals surface area (Å²) in [6, 6.07) is 0. The third-order valence-corrected chi connectivity index (χ3v) is 6.26. The molecule has 0 saturated carbocycles. The molecule has 1 aliphatic heterocycles. The van der Waals surface area contributed by atoms with Gasteiger partial charge in [-0.25, -0.2) is 3.11 Å². The molecule has 20 heavy (non-hydrogen) atoms. The monoisotopic (exact) mass is 394 g/mol. The molecule has 1 amide bonds. The summed E-state index contributed by atoms with van der Waals surface area (Å²) >= 11 is 2.42. The number of halogens is 1. The smallest absolute Gasteiger partial charge is 0.246 e. The van der Waals surface area contributed by atoms with Crippen molar-refractivity contribution in [3.05, 3.63) is 12.2 Å². The normalized spacial score (nSPS) is 22.5. The maximum atomic E-state index is 11.4. The van der Waals surface area contributed by atoms with E-state index in [9.17, 15) is 4.79 Å². The molecule has 116 valence electrons. The molecule has 1 aliphatic rings. The third kappa shape index (κ3) is 4.70. The van der Waals surface area contributed by atoms with Gasteiger partial charge in [-0.15, -0.1) is 0 Å². The van der Waals surface area contributed by atoms with Gasteiger partial charge in [-0.2, -0.15) is 0 Å². The minimum Gasteiger partial charge on any atom is -0.376 e. The number of hydrogen-bond donors (Lipinski definition) is 1. The minimum atomic E-state index is -0.101. The zero-order chi connectivity index (χ0) is 15.6. The highest BCUT2D eigenvalue weighted by atomic mass is 127. The number of piperidine rings is 1. The van der Waals surface area contributed by atoms with E-state index in [1.54, 1.807) is 6.92 Å². The lowest BCUT2D eigenvalue weighted by Gasteiger charge is -2.51. The van der Waals surface area contributed by atoms with Gasteiger partial charge in [0, 0.05) is 46.1 Å². The maximum Gasteiger partial charge on any atom is 0.246 e. The van der Waals surface area contributed by atoms with Crippen LogP contribution in [0.25, 0.3) is 0 Å². The van der Waals surface area contributed by atoms with E-state index in [2.05, 4.69) is 65.6 Å². The Balaban J connectivity index is 2.42. The first-order chi connectivity index (χ1) is 9.06. The van der Waals surface area contributed by atoms with Gasteiger partial charge in [0.2, 0.25) is 5.91 Å². The number of amides is 1. The summed E-state index contributed by atoms with van der Waals surface area (Å²) in [6.07, 6.45) is 2.26. The van der Waals surface area contributed by atoms with Gasteiger partial charge < -0.3 is 10.1 Å². The molecule has 1 rings (SSSR count). The molecular formula is C15H27IN2O2. The summed E-state index contributed by atoms with van der Waals surface area (Å²) < 4.78 is 8.36. The Morgan fingerprint density at radius 1 is 1.35 bits per heavy atom. The summed E-state index contributed by atoms with van der Waals surface area (Å²) in [4.78, 5) is 11.4. The van der Waals surface area contributed by atoms with Crippen LogP contribution in [0.4, 0.5) is 0 Å². The van der Waals surface area contributed by atoms with Crippen LogP contribution in [0, 0.1) is 0 Å². The highest BCUT2D eigenvalue weighted by molar-refractivity contribution is 14.1. The average molecular weight is 394 g/mol. The van der Waals surface area contributed by atoms with Crippen molar-refractivity contribution in [2.24, 2.45) is 0 Å². The van der Waals surface area contributed by atoms with Crippen molar-refractivity contribution in [3.63, 3.8) is 0 Å². The van der Waals surface area contributed by atoms with E-state index in [0.717, 1.165) is 12.8 Å².